The summed E-state index contributed by atoms with van der Waals surface area (Å²) in [5.74, 6) is -3.92. The van der Waals surface area contributed by atoms with Crippen molar-refractivity contribution in [2.24, 2.45) is 20.4 Å². The number of carbonyl (C=O) groups is 2. The number of pyridine rings is 2. The van der Waals surface area contributed by atoms with Crippen LogP contribution in [0.25, 0.3) is 32.7 Å². The zero-order valence-corrected chi connectivity index (χ0v) is 36.9. The first kappa shape index (κ1) is 45.1. The van der Waals surface area contributed by atoms with Crippen molar-refractivity contribution >= 4 is 69.2 Å². The zero-order valence-electron chi connectivity index (χ0n) is 36.9. The summed E-state index contributed by atoms with van der Waals surface area (Å²) in [5.41, 5.74) is 1.80. The molecule has 0 saturated carbocycles. The smallest absolute Gasteiger partial charge is 0.304 e. The van der Waals surface area contributed by atoms with Crippen molar-refractivity contribution in [3.63, 3.8) is 0 Å². The Morgan fingerprint density at radius 3 is 1.78 bits per heavy atom. The Labute approximate surface area is 372 Å². The van der Waals surface area contributed by atoms with Gasteiger partial charge in [-0.15, -0.1) is 10.2 Å². The van der Waals surface area contributed by atoms with Crippen LogP contribution in [0.1, 0.15) is 84.0 Å². The van der Waals surface area contributed by atoms with E-state index >= 15 is 0 Å². The Bertz CT molecular complexity index is 3090. The van der Waals surface area contributed by atoms with Crippen LogP contribution in [0, 0.1) is 13.8 Å². The summed E-state index contributed by atoms with van der Waals surface area (Å²) in [6.07, 6.45) is 5.65. The lowest BCUT2D eigenvalue weighted by Gasteiger charge is -2.23. The summed E-state index contributed by atoms with van der Waals surface area (Å²) in [6, 6.07) is 9.81. The molecule has 3 heterocycles. The van der Waals surface area contributed by atoms with E-state index in [1.54, 1.807) is 85.0 Å². The van der Waals surface area contributed by atoms with Gasteiger partial charge < -0.3 is 30.6 Å². The van der Waals surface area contributed by atoms with Gasteiger partial charge in [0.1, 0.15) is 17.2 Å². The molecule has 1 amide bonds. The van der Waals surface area contributed by atoms with Crippen molar-refractivity contribution in [2.75, 3.05) is 31.4 Å². The molecule has 0 unspecified atom stereocenters. The number of nitrogens with zero attached hydrogens (tertiary/aromatic N) is 8. The van der Waals surface area contributed by atoms with Gasteiger partial charge >= 0.3 is 5.91 Å². The van der Waals surface area contributed by atoms with Crippen LogP contribution in [-0.2, 0) is 19.3 Å². The zero-order chi connectivity index (χ0) is 47.2. The van der Waals surface area contributed by atoms with Crippen LogP contribution < -0.4 is 10.1 Å². The van der Waals surface area contributed by atoms with E-state index in [9.17, 15) is 40.2 Å². The SMILES string of the molecule is CON(C)c1ncccc1/C(C=O)=N/N=C/c1c(O)c(O)c(C(C)C)c2cc(C)c(-c3c(C)cc4c(C(C)C)c(O)c(O)c(/C=N/N=C5/C(=O)N(OC)c6ncccc65)c4c3O)c(O)c12. The van der Waals surface area contributed by atoms with E-state index in [0.29, 0.717) is 44.9 Å². The highest BCUT2D eigenvalue weighted by atomic mass is 16.7. The van der Waals surface area contributed by atoms with Crippen LogP contribution in [0.4, 0.5) is 11.6 Å². The van der Waals surface area contributed by atoms with Crippen LogP contribution >= 0.6 is 0 Å². The largest absolute Gasteiger partial charge is 0.507 e. The van der Waals surface area contributed by atoms with Crippen LogP contribution in [0.15, 0.2) is 69.2 Å². The highest BCUT2D eigenvalue weighted by Crippen LogP contribution is 2.54. The molecule has 0 bridgehead atoms. The summed E-state index contributed by atoms with van der Waals surface area (Å²) < 4.78 is 0. The van der Waals surface area contributed by atoms with E-state index in [0.717, 1.165) is 17.5 Å². The Morgan fingerprint density at radius 1 is 0.754 bits per heavy atom. The third kappa shape index (κ3) is 7.47. The Balaban J connectivity index is 1.49. The molecule has 0 saturated heterocycles. The molecule has 6 N–H and O–H groups in total. The van der Waals surface area contributed by atoms with Gasteiger partial charge in [-0.1, -0.05) is 39.8 Å². The molecule has 2 aromatic heterocycles. The van der Waals surface area contributed by atoms with E-state index in [2.05, 4.69) is 30.4 Å². The Hall–Kier alpha value is -7.96. The van der Waals surface area contributed by atoms with Crippen LogP contribution in [-0.4, -0.2) is 97.9 Å². The molecule has 65 heavy (non-hydrogen) atoms. The number of phenols is 6. The maximum atomic E-state index is 13.2. The number of aromatic hydroxyl groups is 6. The Kier molecular flexibility index (Phi) is 12.2. The summed E-state index contributed by atoms with van der Waals surface area (Å²) >= 11 is 0. The molecule has 0 aliphatic carbocycles. The van der Waals surface area contributed by atoms with Crippen LogP contribution in [0.2, 0.25) is 0 Å². The molecule has 18 nitrogen and oxygen atoms in total. The number of amides is 1. The number of aryl methyl sites for hydroxylation is 2. The van der Waals surface area contributed by atoms with Gasteiger partial charge in [-0.25, -0.2) is 15.0 Å². The molecule has 1 aliphatic rings. The molecule has 334 valence electrons. The van der Waals surface area contributed by atoms with Gasteiger partial charge in [-0.3, -0.25) is 19.3 Å². The first-order valence-electron chi connectivity index (χ1n) is 20.2. The fourth-order valence-corrected chi connectivity index (χ4v) is 8.31. The maximum absolute atomic E-state index is 13.2. The standard InChI is InChI=1S/C47H46N8O10/c1-21(2)32-27-16-23(5)34(41(59)36(27)29(39(57)43(32)61)18-50-52-31(20-56)25-12-10-14-48-45(25)54(7)64-8)35-24(6)17-28-33(22(3)4)44(62)40(58)30(37(28)42(35)60)19-51-53-38-26-13-11-15-49-46(26)55(65-9)47(38)63/h10-22,57-62H,1-9H3/b50-18+,51-19+,52-31+,53-38+. The lowest BCUT2D eigenvalue weighted by atomic mass is 9.83. The number of anilines is 2. The van der Waals surface area contributed by atoms with Crippen molar-refractivity contribution in [3.05, 3.63) is 93.3 Å². The number of aromatic nitrogens is 2. The lowest BCUT2D eigenvalue weighted by molar-refractivity contribution is -0.117. The third-order valence-electron chi connectivity index (χ3n) is 11.2. The number of rotatable bonds is 12. The normalized spacial score (nSPS) is 13.8. The quantitative estimate of drug-likeness (QED) is 0.0306. The van der Waals surface area contributed by atoms with E-state index in [4.69, 9.17) is 9.68 Å². The van der Waals surface area contributed by atoms with Crippen LogP contribution in [0.3, 0.4) is 0 Å². The number of hydrogen-bond acceptors (Lipinski definition) is 17. The van der Waals surface area contributed by atoms with Gasteiger partial charge in [0.15, 0.2) is 46.6 Å². The summed E-state index contributed by atoms with van der Waals surface area (Å²) in [6.45, 7) is 10.6. The molecule has 0 radical (unpaired) electrons. The summed E-state index contributed by atoms with van der Waals surface area (Å²) in [4.78, 5) is 44.5. The van der Waals surface area contributed by atoms with E-state index in [1.165, 1.54) is 31.7 Å². The molecule has 0 fully saturated rings. The van der Waals surface area contributed by atoms with Crippen molar-refractivity contribution in [1.29, 1.82) is 0 Å². The average Bonchev–Trinajstić information content (AvgIpc) is 3.55. The molecule has 1 aliphatic heterocycles. The minimum absolute atomic E-state index is 0.0337. The first-order chi connectivity index (χ1) is 31.0. The molecule has 0 atom stereocenters. The number of aldehydes is 1. The van der Waals surface area contributed by atoms with Gasteiger partial charge in [0, 0.05) is 52.5 Å². The lowest BCUT2D eigenvalue weighted by Crippen LogP contribution is -2.29. The number of carbonyl (C=O) groups excluding carboxylic acids is 2. The van der Waals surface area contributed by atoms with Crippen molar-refractivity contribution in [2.45, 2.75) is 53.4 Å². The number of benzene rings is 4. The molecule has 0 spiro atoms. The fraction of sp³-hybridized carbons (Fsp3) is 0.234. The third-order valence-corrected chi connectivity index (χ3v) is 11.2. The van der Waals surface area contributed by atoms with Gasteiger partial charge in [0.2, 0.25) is 0 Å². The number of hydrogen-bond donors (Lipinski definition) is 6. The second-order valence-corrected chi connectivity index (χ2v) is 15.8. The minimum Gasteiger partial charge on any atom is -0.507 e. The topological polar surface area (TPSA) is 256 Å². The van der Waals surface area contributed by atoms with Gasteiger partial charge in [-0.2, -0.15) is 15.3 Å². The van der Waals surface area contributed by atoms with Crippen molar-refractivity contribution in [3.8, 4) is 45.6 Å². The van der Waals surface area contributed by atoms with Gasteiger partial charge in [0.05, 0.1) is 48.9 Å². The van der Waals surface area contributed by atoms with Gasteiger partial charge in [-0.05, 0) is 71.8 Å². The maximum Gasteiger partial charge on any atom is 0.304 e. The van der Waals surface area contributed by atoms with E-state index < -0.39 is 40.4 Å². The molecule has 7 rings (SSSR count). The monoisotopic (exact) mass is 882 g/mol. The predicted molar refractivity (Wildman–Crippen MR) is 247 cm³/mol. The Morgan fingerprint density at radius 2 is 1.28 bits per heavy atom. The molecular formula is C47H46N8O10. The predicted octanol–water partition coefficient (Wildman–Crippen LogP) is 7.30. The summed E-state index contributed by atoms with van der Waals surface area (Å²) in [7, 11) is 4.31. The van der Waals surface area contributed by atoms with E-state index in [1.807, 2.05) is 0 Å². The fourth-order valence-electron chi connectivity index (χ4n) is 8.31. The first-order valence-corrected chi connectivity index (χ1v) is 20.2. The molecular weight excluding hydrogens is 837 g/mol. The molecule has 18 heteroatoms. The van der Waals surface area contributed by atoms with Crippen LogP contribution in [0.5, 0.6) is 34.5 Å². The van der Waals surface area contributed by atoms with Crippen molar-refractivity contribution < 1.29 is 49.9 Å². The highest BCUT2D eigenvalue weighted by molar-refractivity contribution is 6.53. The minimum atomic E-state index is -0.647. The second kappa shape index (κ2) is 17.7. The van der Waals surface area contributed by atoms with Gasteiger partial charge in [0.25, 0.3) is 0 Å². The summed E-state index contributed by atoms with van der Waals surface area (Å²) in [5, 5.41) is 90.6. The number of hydroxylamine groups is 2. The number of fused-ring (bicyclic) bond motifs is 3. The number of phenolic OH excluding ortho intramolecular Hbond substituents is 6. The average molecular weight is 883 g/mol. The van der Waals surface area contributed by atoms with Crippen molar-refractivity contribution in [1.82, 2.24) is 9.97 Å². The second-order valence-electron chi connectivity index (χ2n) is 15.8. The molecule has 4 aromatic carbocycles. The highest BCUT2D eigenvalue weighted by Gasteiger charge is 2.36. The molecule has 6 aromatic rings. The van der Waals surface area contributed by atoms with E-state index in [-0.39, 0.29) is 73.5 Å².